The summed E-state index contributed by atoms with van der Waals surface area (Å²) in [5.41, 5.74) is 4.66. The molecule has 0 aliphatic rings. The van der Waals surface area contributed by atoms with Gasteiger partial charge < -0.3 is 5.11 Å². The summed E-state index contributed by atoms with van der Waals surface area (Å²) in [6, 6.07) is 14.8. The molecule has 0 fully saturated rings. The maximum Gasteiger partial charge on any atom is 0.317 e. The summed E-state index contributed by atoms with van der Waals surface area (Å²) in [7, 11) is 1.82. The number of carboxylic acid groups (broad SMARTS) is 1. The van der Waals surface area contributed by atoms with E-state index >= 15 is 0 Å². The highest BCUT2D eigenvalue weighted by molar-refractivity contribution is 7.13. The summed E-state index contributed by atoms with van der Waals surface area (Å²) < 4.78 is 0. The predicted octanol–water partition coefficient (Wildman–Crippen LogP) is 4.92. The van der Waals surface area contributed by atoms with Crippen LogP contribution >= 0.6 is 22.7 Å². The molecule has 5 heteroatoms. The molecule has 0 atom stereocenters. The van der Waals surface area contributed by atoms with Gasteiger partial charge in [0.05, 0.1) is 6.54 Å². The molecule has 3 nitrogen and oxygen atoms in total. The molecule has 0 unspecified atom stereocenters. The van der Waals surface area contributed by atoms with Crippen LogP contribution in [0.4, 0.5) is 0 Å². The second-order valence-electron chi connectivity index (χ2n) is 5.77. The van der Waals surface area contributed by atoms with Crippen LogP contribution in [0.25, 0.3) is 16.0 Å². The molecule has 0 bridgehead atoms. The number of hydrogen-bond donors (Lipinski definition) is 1. The van der Waals surface area contributed by atoms with E-state index in [0.29, 0.717) is 6.54 Å². The van der Waals surface area contributed by atoms with Gasteiger partial charge in [0.1, 0.15) is 0 Å². The first kappa shape index (κ1) is 17.6. The highest BCUT2D eigenvalue weighted by Crippen LogP contribution is 2.29. The third kappa shape index (κ3) is 4.66. The lowest BCUT2D eigenvalue weighted by atomic mass is 9.98. The lowest BCUT2D eigenvalue weighted by Crippen LogP contribution is -2.25. The Kier molecular flexibility index (Phi) is 5.81. The number of nitrogens with zero attached hydrogens (tertiary/aromatic N) is 1. The summed E-state index contributed by atoms with van der Waals surface area (Å²) in [6.45, 7) is 0.620. The fraction of sp³-hybridized carbons (Fsp3) is 0.150. The van der Waals surface area contributed by atoms with E-state index in [0.717, 1.165) is 16.7 Å². The maximum atomic E-state index is 10.8. The standard InChI is InChI=1S/C20H19NO2S2/c1-21(13-20(22)23)10-8-18(17-9-12-24-14-17)15-4-6-16(7-5-15)19-3-2-11-25-19/h2-9,11-12,14H,10,13H2,1H3,(H,22,23). The van der Waals surface area contributed by atoms with E-state index in [4.69, 9.17) is 5.11 Å². The molecule has 2 heterocycles. The summed E-state index contributed by atoms with van der Waals surface area (Å²) >= 11 is 3.39. The highest BCUT2D eigenvalue weighted by Gasteiger charge is 2.08. The Bertz CT molecular complexity index is 834. The van der Waals surface area contributed by atoms with Gasteiger partial charge in [-0.15, -0.1) is 11.3 Å². The zero-order chi connectivity index (χ0) is 17.6. The molecule has 25 heavy (non-hydrogen) atoms. The summed E-state index contributed by atoms with van der Waals surface area (Å²) in [5.74, 6) is -0.812. The maximum absolute atomic E-state index is 10.8. The van der Waals surface area contributed by atoms with Gasteiger partial charge in [0.25, 0.3) is 0 Å². The molecule has 3 rings (SSSR count). The molecule has 3 aromatic rings. The molecular weight excluding hydrogens is 350 g/mol. The minimum Gasteiger partial charge on any atom is -0.480 e. The van der Waals surface area contributed by atoms with Crippen LogP contribution in [0.1, 0.15) is 11.1 Å². The number of rotatable bonds is 7. The lowest BCUT2D eigenvalue weighted by Gasteiger charge is -2.13. The van der Waals surface area contributed by atoms with Crippen molar-refractivity contribution in [3.05, 3.63) is 75.8 Å². The average molecular weight is 370 g/mol. The van der Waals surface area contributed by atoms with Crippen LogP contribution in [0.5, 0.6) is 0 Å². The largest absolute Gasteiger partial charge is 0.480 e. The normalized spacial score (nSPS) is 11.8. The average Bonchev–Trinajstić information content (AvgIpc) is 3.29. The Morgan fingerprint density at radius 3 is 2.52 bits per heavy atom. The Morgan fingerprint density at radius 2 is 1.92 bits per heavy atom. The lowest BCUT2D eigenvalue weighted by molar-refractivity contribution is -0.137. The van der Waals surface area contributed by atoms with E-state index < -0.39 is 5.97 Å². The monoisotopic (exact) mass is 369 g/mol. The van der Waals surface area contributed by atoms with Crippen LogP contribution in [0, 0.1) is 0 Å². The zero-order valence-electron chi connectivity index (χ0n) is 13.9. The predicted molar refractivity (Wildman–Crippen MR) is 106 cm³/mol. The van der Waals surface area contributed by atoms with Gasteiger partial charge in [-0.1, -0.05) is 36.4 Å². The molecule has 128 valence electrons. The van der Waals surface area contributed by atoms with Crippen LogP contribution in [-0.2, 0) is 4.79 Å². The quantitative estimate of drug-likeness (QED) is 0.642. The summed E-state index contributed by atoms with van der Waals surface area (Å²) in [4.78, 5) is 13.9. The van der Waals surface area contributed by atoms with E-state index in [2.05, 4.69) is 64.7 Å². The Balaban J connectivity index is 1.86. The zero-order valence-corrected chi connectivity index (χ0v) is 15.5. The van der Waals surface area contributed by atoms with Crippen molar-refractivity contribution in [1.29, 1.82) is 0 Å². The van der Waals surface area contributed by atoms with Crippen molar-refractivity contribution in [2.45, 2.75) is 0 Å². The summed E-state index contributed by atoms with van der Waals surface area (Å²) in [6.07, 6.45) is 2.10. The number of benzene rings is 1. The van der Waals surface area contributed by atoms with Gasteiger partial charge in [-0.2, -0.15) is 11.3 Å². The highest BCUT2D eigenvalue weighted by atomic mass is 32.1. The van der Waals surface area contributed by atoms with E-state index in [1.54, 1.807) is 27.6 Å². The number of likely N-dealkylation sites (N-methyl/N-ethyl adjacent to an activating group) is 1. The first-order chi connectivity index (χ1) is 12.1. The van der Waals surface area contributed by atoms with Crippen molar-refractivity contribution in [2.75, 3.05) is 20.1 Å². The van der Waals surface area contributed by atoms with E-state index in [9.17, 15) is 4.79 Å². The first-order valence-corrected chi connectivity index (χ1v) is 9.73. The first-order valence-electron chi connectivity index (χ1n) is 7.91. The van der Waals surface area contributed by atoms with Crippen LogP contribution in [0.2, 0.25) is 0 Å². The molecule has 0 amide bonds. The van der Waals surface area contributed by atoms with Gasteiger partial charge >= 0.3 is 5.97 Å². The molecule has 0 radical (unpaired) electrons. The minimum absolute atomic E-state index is 0.0325. The molecule has 0 spiro atoms. The van der Waals surface area contributed by atoms with Crippen LogP contribution < -0.4 is 0 Å². The number of aliphatic carboxylic acids is 1. The van der Waals surface area contributed by atoms with Gasteiger partial charge in [-0.05, 0) is 57.6 Å². The number of carbonyl (C=O) groups is 1. The molecule has 2 aromatic heterocycles. The molecule has 1 aromatic carbocycles. The van der Waals surface area contributed by atoms with Crippen molar-refractivity contribution in [3.8, 4) is 10.4 Å². The topological polar surface area (TPSA) is 40.5 Å². The molecule has 1 N–H and O–H groups in total. The van der Waals surface area contributed by atoms with Gasteiger partial charge in [-0.3, -0.25) is 9.69 Å². The van der Waals surface area contributed by atoms with Gasteiger partial charge in [0.15, 0.2) is 0 Å². The summed E-state index contributed by atoms with van der Waals surface area (Å²) in [5, 5.41) is 15.2. The SMILES string of the molecule is CN(CC=C(c1ccc(-c2cccs2)cc1)c1ccsc1)CC(=O)O. The second-order valence-corrected chi connectivity index (χ2v) is 7.50. The fourth-order valence-electron chi connectivity index (χ4n) is 2.62. The van der Waals surface area contributed by atoms with Crippen molar-refractivity contribution in [3.63, 3.8) is 0 Å². The number of thiophene rings is 2. The van der Waals surface area contributed by atoms with Crippen molar-refractivity contribution in [2.24, 2.45) is 0 Å². The minimum atomic E-state index is -0.812. The molecule has 0 aliphatic carbocycles. The van der Waals surface area contributed by atoms with Crippen molar-refractivity contribution < 1.29 is 9.90 Å². The third-order valence-electron chi connectivity index (χ3n) is 3.85. The van der Waals surface area contributed by atoms with Crippen LogP contribution in [0.3, 0.4) is 0 Å². The Hall–Kier alpha value is -2.21. The smallest absolute Gasteiger partial charge is 0.317 e. The van der Waals surface area contributed by atoms with E-state index in [-0.39, 0.29) is 6.54 Å². The van der Waals surface area contributed by atoms with Crippen molar-refractivity contribution in [1.82, 2.24) is 4.90 Å². The van der Waals surface area contributed by atoms with Gasteiger partial charge in [-0.25, -0.2) is 0 Å². The fourth-order valence-corrected chi connectivity index (χ4v) is 4.01. The molecule has 0 saturated heterocycles. The van der Waals surface area contributed by atoms with Crippen LogP contribution in [-0.4, -0.2) is 36.1 Å². The van der Waals surface area contributed by atoms with E-state index in [1.165, 1.54) is 10.4 Å². The van der Waals surface area contributed by atoms with Gasteiger partial charge in [0, 0.05) is 11.4 Å². The van der Waals surface area contributed by atoms with Crippen LogP contribution in [0.15, 0.2) is 64.7 Å². The Morgan fingerprint density at radius 1 is 1.12 bits per heavy atom. The van der Waals surface area contributed by atoms with Crippen molar-refractivity contribution >= 4 is 34.2 Å². The molecule has 0 aliphatic heterocycles. The van der Waals surface area contributed by atoms with Gasteiger partial charge in [0.2, 0.25) is 0 Å². The number of hydrogen-bond acceptors (Lipinski definition) is 4. The molecule has 0 saturated carbocycles. The third-order valence-corrected chi connectivity index (χ3v) is 5.45. The Labute approximate surface area is 155 Å². The van der Waals surface area contributed by atoms with E-state index in [1.807, 2.05) is 7.05 Å². The molecular formula is C20H19NO2S2. The number of carboxylic acids is 1. The second kappa shape index (κ2) is 8.25.